The van der Waals surface area contributed by atoms with Crippen LogP contribution in [0.5, 0.6) is 0 Å². The smallest absolute Gasteiger partial charge is 0.335 e. The summed E-state index contributed by atoms with van der Waals surface area (Å²) in [5.41, 5.74) is 5.80. The molecule has 3 rings (SSSR count). The van der Waals surface area contributed by atoms with E-state index in [1.54, 1.807) is 12.1 Å². The molecule has 1 aliphatic heterocycles. The molecule has 33 heavy (non-hydrogen) atoms. The first-order valence-corrected chi connectivity index (χ1v) is 12.7. The van der Waals surface area contributed by atoms with Gasteiger partial charge in [0, 0.05) is 25.2 Å². The minimum atomic E-state index is -0.882. The largest absolute Gasteiger partial charge is 0.478 e. The van der Waals surface area contributed by atoms with Crippen molar-refractivity contribution in [2.75, 3.05) is 18.5 Å². The van der Waals surface area contributed by atoms with E-state index in [1.807, 2.05) is 12.1 Å². The summed E-state index contributed by atoms with van der Waals surface area (Å²) < 4.78 is 0. The Kier molecular flexibility index (Phi) is 8.77. The lowest BCUT2D eigenvalue weighted by Crippen LogP contribution is -2.34. The molecule has 2 aromatic rings. The average Bonchev–Trinajstić information content (AvgIpc) is 2.81. The molecule has 1 heterocycles. The summed E-state index contributed by atoms with van der Waals surface area (Å²) in [4.78, 5) is 13.5. The van der Waals surface area contributed by atoms with Gasteiger partial charge in [-0.05, 0) is 53.1 Å². The first kappa shape index (κ1) is 25.1. The van der Waals surface area contributed by atoms with Crippen LogP contribution in [0.3, 0.4) is 0 Å². The maximum atomic E-state index is 11.1. The molecule has 0 bridgehead atoms. The van der Waals surface area contributed by atoms with Crippen molar-refractivity contribution < 1.29 is 9.90 Å². The lowest BCUT2D eigenvalue weighted by molar-refractivity contribution is 0.0697. The Morgan fingerprint density at radius 1 is 1.06 bits per heavy atom. The first-order chi connectivity index (χ1) is 15.8. The van der Waals surface area contributed by atoms with Crippen LogP contribution >= 0.6 is 0 Å². The highest BCUT2D eigenvalue weighted by atomic mass is 16.4. The predicted molar refractivity (Wildman–Crippen MR) is 141 cm³/mol. The van der Waals surface area contributed by atoms with Crippen molar-refractivity contribution in [3.63, 3.8) is 0 Å². The fraction of sp³-hybridized carbons (Fsp3) is 0.500. The zero-order valence-corrected chi connectivity index (χ0v) is 20.9. The number of anilines is 1. The van der Waals surface area contributed by atoms with Crippen LogP contribution in [-0.2, 0) is 5.41 Å². The van der Waals surface area contributed by atoms with Crippen LogP contribution in [0.25, 0.3) is 6.08 Å². The number of benzene rings is 2. The number of unbranched alkanes of at least 4 members (excludes halogenated alkanes) is 5. The van der Waals surface area contributed by atoms with E-state index in [9.17, 15) is 4.79 Å². The Morgan fingerprint density at radius 3 is 2.45 bits per heavy atom. The van der Waals surface area contributed by atoms with Crippen LogP contribution in [0, 0.1) is 0 Å². The van der Waals surface area contributed by atoms with Gasteiger partial charge in [0.05, 0.1) is 5.56 Å². The molecule has 0 radical (unpaired) electrons. The molecule has 3 nitrogen and oxygen atoms in total. The summed E-state index contributed by atoms with van der Waals surface area (Å²) in [5, 5.41) is 9.15. The summed E-state index contributed by atoms with van der Waals surface area (Å²) in [7, 11) is 2.21. The third-order valence-electron chi connectivity index (χ3n) is 7.21. The Morgan fingerprint density at radius 2 is 1.76 bits per heavy atom. The second-order valence-electron chi connectivity index (χ2n) is 10.3. The normalized spacial score (nSPS) is 16.1. The van der Waals surface area contributed by atoms with E-state index in [0.717, 1.165) is 18.5 Å². The number of nitrogens with zero attached hydrogens (tertiary/aromatic N) is 1. The van der Waals surface area contributed by atoms with Gasteiger partial charge >= 0.3 is 5.97 Å². The molecular weight excluding hydrogens is 406 g/mol. The van der Waals surface area contributed by atoms with Crippen molar-refractivity contribution in [3.05, 3.63) is 70.8 Å². The summed E-state index contributed by atoms with van der Waals surface area (Å²) >= 11 is 0. The number of allylic oxidation sites excluding steroid dienone is 1. The van der Waals surface area contributed by atoms with Gasteiger partial charge in [0.2, 0.25) is 0 Å². The summed E-state index contributed by atoms with van der Waals surface area (Å²) in [6.45, 7) is 8.06. The van der Waals surface area contributed by atoms with Gasteiger partial charge in [-0.15, -0.1) is 0 Å². The number of aromatic carboxylic acids is 1. The number of hydrogen-bond acceptors (Lipinski definition) is 2. The number of fused-ring (bicyclic) bond motifs is 1. The first-order valence-electron chi connectivity index (χ1n) is 12.7. The molecule has 0 aromatic heterocycles. The standard InChI is InChI=1S/C30H41NO2/c1-5-6-7-8-9-10-11-24(15-12-23-13-16-25(17-14-23)29(32)33)26-18-19-27-28(22-26)31(4)21-20-30(27,2)3/h12-19,22,24H,5-11,20-21H2,1-4H3,(H,32,33)/b15-12+. The lowest BCUT2D eigenvalue weighted by atomic mass is 9.76. The number of rotatable bonds is 11. The molecule has 1 aliphatic rings. The molecule has 1 N–H and O–H groups in total. The zero-order valence-electron chi connectivity index (χ0n) is 20.9. The summed E-state index contributed by atoms with van der Waals surface area (Å²) in [5.74, 6) is -0.522. The maximum Gasteiger partial charge on any atom is 0.335 e. The van der Waals surface area contributed by atoms with Gasteiger partial charge < -0.3 is 10.0 Å². The maximum absolute atomic E-state index is 11.1. The minimum Gasteiger partial charge on any atom is -0.478 e. The van der Waals surface area contributed by atoms with E-state index in [0.29, 0.717) is 11.5 Å². The average molecular weight is 448 g/mol. The highest BCUT2D eigenvalue weighted by Gasteiger charge is 2.30. The molecule has 0 aliphatic carbocycles. The van der Waals surface area contributed by atoms with Crippen LogP contribution in [0.2, 0.25) is 0 Å². The molecule has 0 saturated carbocycles. The Hall–Kier alpha value is -2.55. The molecule has 0 saturated heterocycles. The monoisotopic (exact) mass is 447 g/mol. The van der Waals surface area contributed by atoms with E-state index >= 15 is 0 Å². The molecular formula is C30H41NO2. The summed E-state index contributed by atoms with van der Waals surface area (Å²) in [6, 6.07) is 14.2. The van der Waals surface area contributed by atoms with E-state index < -0.39 is 5.97 Å². The van der Waals surface area contributed by atoms with E-state index in [-0.39, 0.29) is 5.41 Å². The van der Waals surface area contributed by atoms with Gasteiger partial charge in [-0.2, -0.15) is 0 Å². The Balaban J connectivity index is 1.80. The van der Waals surface area contributed by atoms with Gasteiger partial charge in [-0.25, -0.2) is 4.79 Å². The van der Waals surface area contributed by atoms with E-state index in [2.05, 4.69) is 63.1 Å². The van der Waals surface area contributed by atoms with E-state index in [4.69, 9.17) is 5.11 Å². The number of carbonyl (C=O) groups is 1. The fourth-order valence-electron chi connectivity index (χ4n) is 4.85. The SMILES string of the molecule is CCCCCCCCC(/C=C/c1ccc(C(=O)O)cc1)c1ccc2c(c1)N(C)CCC2(C)C. The molecule has 1 atom stereocenters. The van der Waals surface area contributed by atoms with Crippen LogP contribution in [0.1, 0.15) is 105 Å². The Labute approximate surface area is 200 Å². The van der Waals surface area contributed by atoms with Crippen molar-refractivity contribution in [1.82, 2.24) is 0 Å². The second kappa shape index (κ2) is 11.5. The highest BCUT2D eigenvalue weighted by molar-refractivity contribution is 5.87. The van der Waals surface area contributed by atoms with Gasteiger partial charge in [0.1, 0.15) is 0 Å². The fourth-order valence-corrected chi connectivity index (χ4v) is 4.85. The zero-order chi connectivity index (χ0) is 23.8. The van der Waals surface area contributed by atoms with Crippen LogP contribution < -0.4 is 4.90 Å². The third-order valence-corrected chi connectivity index (χ3v) is 7.21. The number of hydrogen-bond donors (Lipinski definition) is 1. The molecule has 2 aromatic carbocycles. The summed E-state index contributed by atoms with van der Waals surface area (Å²) in [6.07, 6.45) is 14.6. The van der Waals surface area contributed by atoms with Gasteiger partial charge in [-0.1, -0.05) is 95.7 Å². The van der Waals surface area contributed by atoms with Gasteiger partial charge in [-0.3, -0.25) is 0 Å². The van der Waals surface area contributed by atoms with Crippen molar-refractivity contribution in [2.24, 2.45) is 0 Å². The molecule has 0 amide bonds. The topological polar surface area (TPSA) is 40.5 Å². The third kappa shape index (κ3) is 6.72. The number of carboxylic acids is 1. The minimum absolute atomic E-state index is 0.219. The van der Waals surface area contributed by atoms with Crippen molar-refractivity contribution in [1.29, 1.82) is 0 Å². The molecule has 1 unspecified atom stereocenters. The molecule has 0 fully saturated rings. The lowest BCUT2D eigenvalue weighted by Gasteiger charge is -2.39. The van der Waals surface area contributed by atoms with Crippen LogP contribution in [-0.4, -0.2) is 24.7 Å². The van der Waals surface area contributed by atoms with Crippen molar-refractivity contribution in [3.8, 4) is 0 Å². The van der Waals surface area contributed by atoms with Crippen molar-refractivity contribution in [2.45, 2.75) is 83.5 Å². The Bertz CT molecular complexity index is 942. The molecule has 3 heteroatoms. The quantitative estimate of drug-likeness (QED) is 0.354. The highest BCUT2D eigenvalue weighted by Crippen LogP contribution is 2.41. The predicted octanol–water partition coefficient (Wildman–Crippen LogP) is 8.05. The molecule has 0 spiro atoms. The van der Waals surface area contributed by atoms with Crippen LogP contribution in [0.15, 0.2) is 48.5 Å². The van der Waals surface area contributed by atoms with Gasteiger partial charge in [0.25, 0.3) is 0 Å². The second-order valence-corrected chi connectivity index (χ2v) is 10.3. The van der Waals surface area contributed by atoms with E-state index in [1.165, 1.54) is 61.8 Å². The van der Waals surface area contributed by atoms with Gasteiger partial charge in [0.15, 0.2) is 0 Å². The molecule has 178 valence electrons. The number of carboxylic acid groups (broad SMARTS) is 1. The van der Waals surface area contributed by atoms with Crippen LogP contribution in [0.4, 0.5) is 5.69 Å². The van der Waals surface area contributed by atoms with Crippen molar-refractivity contribution >= 4 is 17.7 Å².